The van der Waals surface area contributed by atoms with Crippen LogP contribution in [0.4, 0.5) is 11.5 Å². The Balaban J connectivity index is 2.25. The van der Waals surface area contributed by atoms with E-state index < -0.39 is 4.92 Å². The summed E-state index contributed by atoms with van der Waals surface area (Å²) in [5, 5.41) is 11.1. The number of benzene rings is 1. The van der Waals surface area contributed by atoms with Gasteiger partial charge in [-0.15, -0.1) is 0 Å². The van der Waals surface area contributed by atoms with Crippen LogP contribution < -0.4 is 10.5 Å². The van der Waals surface area contributed by atoms with Crippen LogP contribution in [0.1, 0.15) is 5.56 Å². The maximum Gasteiger partial charge on any atom is 0.312 e. The number of aromatic nitrogens is 1. The Labute approximate surface area is 113 Å². The van der Waals surface area contributed by atoms with Gasteiger partial charge in [-0.25, -0.2) is 4.98 Å². The van der Waals surface area contributed by atoms with Crippen molar-refractivity contribution >= 4 is 23.1 Å². The number of hydrogen-bond donors (Lipinski definition) is 1. The van der Waals surface area contributed by atoms with E-state index in [1.165, 1.54) is 18.2 Å². The molecule has 0 amide bonds. The Kier molecular flexibility index (Phi) is 3.82. The van der Waals surface area contributed by atoms with Crippen molar-refractivity contribution in [1.82, 2.24) is 4.98 Å². The second kappa shape index (κ2) is 5.53. The maximum atomic E-state index is 10.9. The Bertz CT molecular complexity index is 619. The minimum Gasteiger partial charge on any atom is -0.481 e. The van der Waals surface area contributed by atoms with E-state index in [2.05, 4.69) is 4.98 Å². The molecule has 1 heterocycles. The van der Waals surface area contributed by atoms with Crippen LogP contribution in [-0.4, -0.2) is 9.91 Å². The first kappa shape index (κ1) is 13.1. The fraction of sp³-hybridized carbons (Fsp3) is 0.0833. The summed E-state index contributed by atoms with van der Waals surface area (Å²) >= 11 is 5.90. The van der Waals surface area contributed by atoms with Gasteiger partial charge < -0.3 is 10.5 Å². The number of nitrogen functional groups attached to an aromatic ring is 1. The van der Waals surface area contributed by atoms with Crippen molar-refractivity contribution in [3.63, 3.8) is 0 Å². The van der Waals surface area contributed by atoms with Gasteiger partial charge in [-0.3, -0.25) is 10.1 Å². The SMILES string of the molecule is Nc1ncccc1COc1c(Cl)cccc1[N+](=O)[O-]. The number of nitrogens with two attached hydrogens (primary N) is 1. The van der Waals surface area contributed by atoms with Crippen LogP contribution in [0.2, 0.25) is 5.02 Å². The van der Waals surface area contributed by atoms with E-state index >= 15 is 0 Å². The molecule has 0 aliphatic heterocycles. The number of nitro benzene ring substituents is 1. The molecule has 0 aliphatic carbocycles. The van der Waals surface area contributed by atoms with Crippen LogP contribution in [0.5, 0.6) is 5.75 Å². The summed E-state index contributed by atoms with van der Waals surface area (Å²) in [5.41, 5.74) is 6.11. The minimum atomic E-state index is -0.548. The number of ether oxygens (including phenoxy) is 1. The van der Waals surface area contributed by atoms with Crippen molar-refractivity contribution in [3.05, 3.63) is 57.2 Å². The van der Waals surface area contributed by atoms with Gasteiger partial charge in [0.05, 0.1) is 9.95 Å². The van der Waals surface area contributed by atoms with Gasteiger partial charge in [-0.05, 0) is 12.1 Å². The molecule has 0 saturated carbocycles. The first-order valence-electron chi connectivity index (χ1n) is 5.34. The van der Waals surface area contributed by atoms with Crippen molar-refractivity contribution < 1.29 is 9.66 Å². The number of halogens is 1. The Morgan fingerprint density at radius 1 is 1.37 bits per heavy atom. The molecule has 0 spiro atoms. The van der Waals surface area contributed by atoms with E-state index in [-0.39, 0.29) is 23.1 Å². The lowest BCUT2D eigenvalue weighted by Gasteiger charge is -2.09. The van der Waals surface area contributed by atoms with E-state index in [0.717, 1.165) is 0 Å². The Morgan fingerprint density at radius 2 is 2.16 bits per heavy atom. The van der Waals surface area contributed by atoms with Crippen LogP contribution in [0.15, 0.2) is 36.5 Å². The van der Waals surface area contributed by atoms with E-state index in [4.69, 9.17) is 22.1 Å². The quantitative estimate of drug-likeness (QED) is 0.686. The molecule has 0 radical (unpaired) electrons. The first-order valence-corrected chi connectivity index (χ1v) is 5.72. The Hall–Kier alpha value is -2.34. The van der Waals surface area contributed by atoms with Gasteiger partial charge in [0.25, 0.3) is 0 Å². The van der Waals surface area contributed by atoms with Gasteiger partial charge in [0.1, 0.15) is 12.4 Å². The molecule has 2 rings (SSSR count). The fourth-order valence-electron chi connectivity index (χ4n) is 1.51. The third-order valence-electron chi connectivity index (χ3n) is 2.44. The molecule has 19 heavy (non-hydrogen) atoms. The normalized spacial score (nSPS) is 10.2. The molecule has 0 bridgehead atoms. The molecule has 6 nitrogen and oxygen atoms in total. The molecule has 1 aromatic heterocycles. The van der Waals surface area contributed by atoms with Crippen molar-refractivity contribution in [2.45, 2.75) is 6.61 Å². The number of anilines is 1. The lowest BCUT2D eigenvalue weighted by atomic mass is 10.2. The smallest absolute Gasteiger partial charge is 0.312 e. The molecule has 0 unspecified atom stereocenters. The van der Waals surface area contributed by atoms with Crippen LogP contribution in [-0.2, 0) is 6.61 Å². The molecule has 0 fully saturated rings. The van der Waals surface area contributed by atoms with Crippen LogP contribution >= 0.6 is 11.6 Å². The third-order valence-corrected chi connectivity index (χ3v) is 2.74. The second-order valence-electron chi connectivity index (χ2n) is 3.68. The molecule has 1 aromatic carbocycles. The summed E-state index contributed by atoms with van der Waals surface area (Å²) in [6.07, 6.45) is 1.55. The fourth-order valence-corrected chi connectivity index (χ4v) is 1.73. The minimum absolute atomic E-state index is 0.0254. The molecule has 2 aromatic rings. The van der Waals surface area contributed by atoms with Crippen LogP contribution in [0.25, 0.3) is 0 Å². The molecule has 0 atom stereocenters. The highest BCUT2D eigenvalue weighted by Crippen LogP contribution is 2.35. The zero-order valence-electron chi connectivity index (χ0n) is 9.75. The van der Waals surface area contributed by atoms with Crippen molar-refractivity contribution in [1.29, 1.82) is 0 Å². The summed E-state index contributed by atoms with van der Waals surface area (Å²) in [6, 6.07) is 7.77. The van der Waals surface area contributed by atoms with Gasteiger partial charge in [0.15, 0.2) is 0 Å². The molecule has 7 heteroatoms. The topological polar surface area (TPSA) is 91.3 Å². The molecular formula is C12H10ClN3O3. The van der Waals surface area contributed by atoms with Crippen LogP contribution in [0.3, 0.4) is 0 Å². The standard InChI is InChI=1S/C12H10ClN3O3/c13-9-4-1-5-10(16(17)18)11(9)19-7-8-3-2-6-15-12(8)14/h1-6H,7H2,(H2,14,15). The van der Waals surface area contributed by atoms with E-state index in [0.29, 0.717) is 11.4 Å². The highest BCUT2D eigenvalue weighted by atomic mass is 35.5. The average molecular weight is 280 g/mol. The summed E-state index contributed by atoms with van der Waals surface area (Å²) in [7, 11) is 0. The predicted octanol–water partition coefficient (Wildman–Crippen LogP) is 2.80. The van der Waals surface area contributed by atoms with Gasteiger partial charge in [0.2, 0.25) is 5.75 Å². The molecule has 98 valence electrons. The molecule has 2 N–H and O–H groups in total. The monoisotopic (exact) mass is 279 g/mol. The Morgan fingerprint density at radius 3 is 2.84 bits per heavy atom. The highest BCUT2D eigenvalue weighted by molar-refractivity contribution is 6.32. The van der Waals surface area contributed by atoms with Crippen LogP contribution in [0, 0.1) is 10.1 Å². The zero-order chi connectivity index (χ0) is 13.8. The van der Waals surface area contributed by atoms with Gasteiger partial charge in [-0.1, -0.05) is 23.7 Å². The summed E-state index contributed by atoms with van der Waals surface area (Å²) < 4.78 is 5.40. The average Bonchev–Trinajstić information content (AvgIpc) is 2.38. The summed E-state index contributed by atoms with van der Waals surface area (Å²) in [6.45, 7) is 0.0598. The predicted molar refractivity (Wildman–Crippen MR) is 71.1 cm³/mol. The van der Waals surface area contributed by atoms with E-state index in [1.54, 1.807) is 18.3 Å². The van der Waals surface area contributed by atoms with Crippen molar-refractivity contribution in [2.75, 3.05) is 5.73 Å². The molecular weight excluding hydrogens is 270 g/mol. The second-order valence-corrected chi connectivity index (χ2v) is 4.09. The largest absolute Gasteiger partial charge is 0.481 e. The number of rotatable bonds is 4. The summed E-state index contributed by atoms with van der Waals surface area (Å²) in [5.74, 6) is 0.342. The molecule has 0 aliphatic rings. The first-order chi connectivity index (χ1) is 9.09. The number of nitrogens with zero attached hydrogens (tertiary/aromatic N) is 2. The van der Waals surface area contributed by atoms with E-state index in [1.807, 2.05) is 0 Å². The van der Waals surface area contributed by atoms with Crippen molar-refractivity contribution in [3.8, 4) is 5.75 Å². The number of hydrogen-bond acceptors (Lipinski definition) is 5. The highest BCUT2D eigenvalue weighted by Gasteiger charge is 2.18. The van der Waals surface area contributed by atoms with Gasteiger partial charge in [-0.2, -0.15) is 0 Å². The molecule has 0 saturated heterocycles. The maximum absolute atomic E-state index is 10.9. The lowest BCUT2D eigenvalue weighted by Crippen LogP contribution is -2.03. The zero-order valence-corrected chi connectivity index (χ0v) is 10.5. The van der Waals surface area contributed by atoms with Gasteiger partial charge >= 0.3 is 5.69 Å². The van der Waals surface area contributed by atoms with Gasteiger partial charge in [0, 0.05) is 17.8 Å². The van der Waals surface area contributed by atoms with Crippen molar-refractivity contribution in [2.24, 2.45) is 0 Å². The van der Waals surface area contributed by atoms with E-state index in [9.17, 15) is 10.1 Å². The third kappa shape index (κ3) is 2.92. The lowest BCUT2D eigenvalue weighted by molar-refractivity contribution is -0.385. The number of nitro groups is 1. The summed E-state index contributed by atoms with van der Waals surface area (Å²) in [4.78, 5) is 14.2. The number of pyridine rings is 1. The number of para-hydroxylation sites is 1.